The molecule has 3 heteroatoms. The zero-order chi connectivity index (χ0) is 19.8. The van der Waals surface area contributed by atoms with E-state index >= 15 is 0 Å². The minimum absolute atomic E-state index is 0.116. The molecule has 2 unspecified atom stereocenters. The van der Waals surface area contributed by atoms with Crippen LogP contribution >= 0.6 is 8.69 Å². The van der Waals surface area contributed by atoms with Gasteiger partial charge in [0.15, 0.2) is 0 Å². The second-order valence-corrected chi connectivity index (χ2v) is 9.55. The first kappa shape index (κ1) is 25.1. The molecule has 1 rings (SSSR count). The number of unbranched alkanes of at least 4 members (excludes halogenated alkanes) is 9. The number of hydrogen-bond acceptors (Lipinski definition) is 2. The smallest absolute Gasteiger partial charge is 0.291 e. The van der Waals surface area contributed by atoms with Crippen LogP contribution < -0.4 is 0 Å². The largest absolute Gasteiger partial charge is 0.327 e. The van der Waals surface area contributed by atoms with Crippen LogP contribution in [0.15, 0.2) is 0 Å². The molecular weight excluding hydrogens is 351 g/mol. The van der Waals surface area contributed by atoms with Crippen molar-refractivity contribution in [3.63, 3.8) is 0 Å². The highest BCUT2D eigenvalue weighted by molar-refractivity contribution is 7.17. The molecular formula is C24H47O2P. The predicted octanol–water partition coefficient (Wildman–Crippen LogP) is 9.28. The quantitative estimate of drug-likeness (QED) is 0.180. The summed E-state index contributed by atoms with van der Waals surface area (Å²) in [6, 6.07) is 0. The standard InChI is InChI=1S/C24H47O2P/c1-4-7-10-13-16-22-21-24(18-14-11-8-5-2,19-15-12-9-6-3)20-17-23(22)26-27-25/h22-23H,4-21H2,1-3H3. The van der Waals surface area contributed by atoms with Gasteiger partial charge in [-0.05, 0) is 49.9 Å². The molecule has 0 aromatic heterocycles. The van der Waals surface area contributed by atoms with Gasteiger partial charge in [-0.3, -0.25) is 4.52 Å². The van der Waals surface area contributed by atoms with Crippen molar-refractivity contribution in [2.24, 2.45) is 11.3 Å². The van der Waals surface area contributed by atoms with E-state index in [0.29, 0.717) is 11.3 Å². The van der Waals surface area contributed by atoms with Crippen LogP contribution in [0.2, 0.25) is 0 Å². The first-order chi connectivity index (χ1) is 13.2. The summed E-state index contributed by atoms with van der Waals surface area (Å²) in [6.07, 6.45) is 24.3. The van der Waals surface area contributed by atoms with Gasteiger partial charge < -0.3 is 0 Å². The van der Waals surface area contributed by atoms with Crippen LogP contribution in [-0.4, -0.2) is 6.10 Å². The lowest BCUT2D eigenvalue weighted by Gasteiger charge is -2.45. The van der Waals surface area contributed by atoms with Gasteiger partial charge in [-0.15, -0.1) is 0 Å². The van der Waals surface area contributed by atoms with Gasteiger partial charge in [0, 0.05) is 0 Å². The average Bonchev–Trinajstić information content (AvgIpc) is 2.68. The maximum atomic E-state index is 11.1. The van der Waals surface area contributed by atoms with Crippen LogP contribution in [0.5, 0.6) is 0 Å². The molecule has 1 saturated carbocycles. The van der Waals surface area contributed by atoms with Crippen molar-refractivity contribution in [1.29, 1.82) is 0 Å². The van der Waals surface area contributed by atoms with Crippen LogP contribution in [-0.2, 0) is 9.09 Å². The highest BCUT2D eigenvalue weighted by Gasteiger charge is 2.40. The molecule has 27 heavy (non-hydrogen) atoms. The Labute approximate surface area is 171 Å². The maximum absolute atomic E-state index is 11.1. The molecule has 2 nitrogen and oxygen atoms in total. The van der Waals surface area contributed by atoms with Crippen molar-refractivity contribution in [3.8, 4) is 0 Å². The van der Waals surface area contributed by atoms with Crippen LogP contribution in [0.4, 0.5) is 0 Å². The molecule has 1 aliphatic carbocycles. The summed E-state index contributed by atoms with van der Waals surface area (Å²) in [5.74, 6) is 0.620. The molecule has 1 fully saturated rings. The van der Waals surface area contributed by atoms with Crippen molar-refractivity contribution in [2.45, 2.75) is 142 Å². The summed E-state index contributed by atoms with van der Waals surface area (Å²) in [4.78, 5) is 0. The molecule has 0 amide bonds. The van der Waals surface area contributed by atoms with Crippen molar-refractivity contribution in [3.05, 3.63) is 0 Å². The fourth-order valence-electron chi connectivity index (χ4n) is 5.22. The summed E-state index contributed by atoms with van der Waals surface area (Å²) in [5.41, 5.74) is 0.538. The van der Waals surface area contributed by atoms with E-state index in [1.165, 1.54) is 109 Å². The fourth-order valence-corrected chi connectivity index (χ4v) is 5.61. The van der Waals surface area contributed by atoms with E-state index in [4.69, 9.17) is 4.52 Å². The van der Waals surface area contributed by atoms with Crippen molar-refractivity contribution in [2.75, 3.05) is 0 Å². The molecule has 0 aromatic rings. The lowest BCUT2D eigenvalue weighted by atomic mass is 9.63. The van der Waals surface area contributed by atoms with Crippen molar-refractivity contribution in [1.82, 2.24) is 0 Å². The van der Waals surface area contributed by atoms with E-state index in [9.17, 15) is 4.57 Å². The van der Waals surface area contributed by atoms with Crippen LogP contribution in [0.3, 0.4) is 0 Å². The van der Waals surface area contributed by atoms with Crippen LogP contribution in [0.25, 0.3) is 0 Å². The Balaban J connectivity index is 2.68. The lowest BCUT2D eigenvalue weighted by Crippen LogP contribution is -2.37. The highest BCUT2D eigenvalue weighted by atomic mass is 31.1. The molecule has 0 aliphatic heterocycles. The molecule has 0 saturated heterocycles. The molecule has 0 radical (unpaired) electrons. The monoisotopic (exact) mass is 398 g/mol. The van der Waals surface area contributed by atoms with Crippen LogP contribution in [0.1, 0.15) is 136 Å². The van der Waals surface area contributed by atoms with E-state index in [2.05, 4.69) is 20.8 Å². The molecule has 0 spiro atoms. The summed E-state index contributed by atoms with van der Waals surface area (Å²) in [7, 11) is -0.116. The average molecular weight is 399 g/mol. The number of hydrogen-bond donors (Lipinski definition) is 0. The van der Waals surface area contributed by atoms with E-state index in [-0.39, 0.29) is 14.8 Å². The third-order valence-corrected chi connectivity index (χ3v) is 7.27. The molecule has 160 valence electrons. The lowest BCUT2D eigenvalue weighted by molar-refractivity contribution is 0.0128. The molecule has 2 atom stereocenters. The Hall–Kier alpha value is 0.0600. The summed E-state index contributed by atoms with van der Waals surface area (Å²) >= 11 is 0. The Morgan fingerprint density at radius 2 is 1.37 bits per heavy atom. The van der Waals surface area contributed by atoms with Gasteiger partial charge >= 0.3 is 8.69 Å². The van der Waals surface area contributed by atoms with E-state index in [0.717, 1.165) is 6.42 Å². The SMILES string of the molecule is CCCCCCC1CC(CCCCCC)(CCCCCC)CCC1OP=O. The topological polar surface area (TPSA) is 26.3 Å². The van der Waals surface area contributed by atoms with Crippen LogP contribution in [0, 0.1) is 11.3 Å². The minimum atomic E-state index is -0.116. The van der Waals surface area contributed by atoms with Gasteiger partial charge in [-0.1, -0.05) is 97.8 Å². The molecule has 0 aromatic carbocycles. The van der Waals surface area contributed by atoms with Gasteiger partial charge in [0.25, 0.3) is 0 Å². The normalized spacial score (nSPS) is 22.3. The fraction of sp³-hybridized carbons (Fsp3) is 1.00. The first-order valence-electron chi connectivity index (χ1n) is 12.2. The van der Waals surface area contributed by atoms with Crippen molar-refractivity contribution < 1.29 is 9.09 Å². The third kappa shape index (κ3) is 10.4. The van der Waals surface area contributed by atoms with Gasteiger partial charge in [0.2, 0.25) is 0 Å². The minimum Gasteiger partial charge on any atom is -0.291 e. The highest BCUT2D eigenvalue weighted by Crippen LogP contribution is 2.49. The van der Waals surface area contributed by atoms with Crippen molar-refractivity contribution >= 4 is 8.69 Å². The second-order valence-electron chi connectivity index (χ2n) is 9.19. The third-order valence-electron chi connectivity index (χ3n) is 6.91. The summed E-state index contributed by atoms with van der Waals surface area (Å²) < 4.78 is 16.8. The first-order valence-corrected chi connectivity index (χ1v) is 12.9. The Morgan fingerprint density at radius 1 is 0.815 bits per heavy atom. The molecule has 0 N–H and O–H groups in total. The van der Waals surface area contributed by atoms with E-state index in [1.54, 1.807) is 0 Å². The van der Waals surface area contributed by atoms with Gasteiger partial charge in [0.1, 0.15) is 0 Å². The van der Waals surface area contributed by atoms with Gasteiger partial charge in [-0.2, -0.15) is 0 Å². The Bertz CT molecular complexity index is 346. The van der Waals surface area contributed by atoms with E-state index in [1.807, 2.05) is 0 Å². The molecule has 0 bridgehead atoms. The zero-order valence-corrected chi connectivity index (χ0v) is 19.5. The molecule has 1 aliphatic rings. The summed E-state index contributed by atoms with van der Waals surface area (Å²) in [5, 5.41) is 0. The molecule has 0 heterocycles. The second kappa shape index (κ2) is 15.9. The summed E-state index contributed by atoms with van der Waals surface area (Å²) in [6.45, 7) is 6.88. The number of rotatable bonds is 17. The predicted molar refractivity (Wildman–Crippen MR) is 119 cm³/mol. The Kier molecular flexibility index (Phi) is 14.8. The Morgan fingerprint density at radius 3 is 1.89 bits per heavy atom. The van der Waals surface area contributed by atoms with Gasteiger partial charge in [0.05, 0.1) is 6.10 Å². The maximum Gasteiger partial charge on any atom is 0.327 e. The van der Waals surface area contributed by atoms with E-state index < -0.39 is 0 Å². The zero-order valence-electron chi connectivity index (χ0n) is 18.6. The van der Waals surface area contributed by atoms with Gasteiger partial charge in [-0.25, -0.2) is 4.57 Å².